The zero-order valence-electron chi connectivity index (χ0n) is 11.1. The second-order valence-electron chi connectivity index (χ2n) is 4.33. The molecule has 0 bridgehead atoms. The van der Waals surface area contributed by atoms with Crippen molar-refractivity contribution in [2.24, 2.45) is 0 Å². The van der Waals surface area contributed by atoms with Gasteiger partial charge >= 0.3 is 7.60 Å². The van der Waals surface area contributed by atoms with Crippen LogP contribution in [0.4, 0.5) is 5.69 Å². The number of hydrogen-bond donors (Lipinski definition) is 3. The van der Waals surface area contributed by atoms with E-state index in [0.717, 1.165) is 23.6 Å². The molecule has 1 atom stereocenters. The molecule has 2 aromatic carbocycles. The van der Waals surface area contributed by atoms with E-state index in [-0.39, 0.29) is 0 Å². The van der Waals surface area contributed by atoms with Gasteiger partial charge in [-0.15, -0.1) is 0 Å². The predicted octanol–water partition coefficient (Wildman–Crippen LogP) is 2.56. The summed E-state index contributed by atoms with van der Waals surface area (Å²) in [6, 6.07) is 12.7. The summed E-state index contributed by atoms with van der Waals surface area (Å²) >= 11 is 0. The molecule has 0 spiro atoms. The maximum atomic E-state index is 10.7. The van der Waals surface area contributed by atoms with Crippen LogP contribution in [0.3, 0.4) is 0 Å². The third kappa shape index (κ3) is 3.90. The van der Waals surface area contributed by atoms with E-state index in [9.17, 15) is 19.8 Å². The molecule has 0 saturated carbocycles. The van der Waals surface area contributed by atoms with Crippen molar-refractivity contribution in [3.8, 4) is 11.5 Å². The molecule has 1 aliphatic rings. The van der Waals surface area contributed by atoms with Gasteiger partial charge in [0.15, 0.2) is 17.3 Å². The van der Waals surface area contributed by atoms with Crippen LogP contribution in [0.5, 0.6) is 11.5 Å². The van der Waals surface area contributed by atoms with E-state index >= 15 is 0 Å². The number of fused-ring (bicyclic) bond motifs is 1. The Bertz CT molecular complexity index is 722. The highest BCUT2D eigenvalue weighted by molar-refractivity contribution is 7.51. The summed E-state index contributed by atoms with van der Waals surface area (Å²) in [5, 5.41) is 19.7. The van der Waals surface area contributed by atoms with Crippen molar-refractivity contribution >= 4 is 13.3 Å². The quantitative estimate of drug-likeness (QED) is 0.291. The Kier molecular flexibility index (Phi) is 4.58. The summed E-state index contributed by atoms with van der Waals surface area (Å²) in [7, 11) is -4.79. The van der Waals surface area contributed by atoms with Crippen molar-refractivity contribution in [2.45, 2.75) is 5.85 Å². The average molecular weight is 325 g/mol. The van der Waals surface area contributed by atoms with E-state index in [4.69, 9.17) is 14.5 Å². The van der Waals surface area contributed by atoms with Gasteiger partial charge in [-0.2, -0.15) is 0 Å². The van der Waals surface area contributed by atoms with Gasteiger partial charge < -0.3 is 19.6 Å². The van der Waals surface area contributed by atoms with Gasteiger partial charge in [-0.3, -0.25) is 14.7 Å². The summed E-state index contributed by atoms with van der Waals surface area (Å²) in [6.45, 7) is 0. The van der Waals surface area contributed by atoms with Crippen LogP contribution in [-0.4, -0.2) is 19.8 Å². The second-order valence-corrected chi connectivity index (χ2v) is 5.99. The molecule has 9 heteroatoms. The Labute approximate surface area is 124 Å². The number of rotatable bonds is 3. The lowest BCUT2D eigenvalue weighted by molar-refractivity contribution is -0.386. The van der Waals surface area contributed by atoms with E-state index in [1.54, 1.807) is 0 Å². The van der Waals surface area contributed by atoms with Gasteiger partial charge in [0.25, 0.3) is 5.69 Å². The van der Waals surface area contributed by atoms with Crippen molar-refractivity contribution in [3.05, 3.63) is 64.2 Å². The summed E-state index contributed by atoms with van der Waals surface area (Å²) in [4.78, 5) is 27.1. The number of benzene rings is 2. The van der Waals surface area contributed by atoms with Crippen molar-refractivity contribution in [1.82, 2.24) is 0 Å². The van der Waals surface area contributed by atoms with Crippen LogP contribution in [0, 0.1) is 10.1 Å². The number of aliphatic hydroxyl groups excluding tert-OH is 1. The van der Waals surface area contributed by atoms with Crippen LogP contribution in [0.1, 0.15) is 11.4 Å². The zero-order valence-corrected chi connectivity index (χ0v) is 12.0. The Balaban J connectivity index is 0.000000205. The van der Waals surface area contributed by atoms with Crippen LogP contribution >= 0.6 is 7.60 Å². The molecule has 22 heavy (non-hydrogen) atoms. The molecule has 0 aliphatic carbocycles. The highest BCUT2D eigenvalue weighted by Crippen LogP contribution is 2.51. The molecule has 1 unspecified atom stereocenters. The first kappa shape index (κ1) is 16.1. The van der Waals surface area contributed by atoms with Gasteiger partial charge in [0.05, 0.1) is 10.5 Å². The molecule has 2 aromatic rings. The topological polar surface area (TPSA) is 133 Å². The largest absolute Gasteiger partial charge is 0.450 e. The number of nitro benzene ring substituents is 1. The molecule has 0 amide bonds. The van der Waals surface area contributed by atoms with E-state index in [2.05, 4.69) is 0 Å². The Morgan fingerprint density at radius 3 is 2.00 bits per heavy atom. The SMILES string of the molecule is O=[N+]([O-])c1ccccc1C(O)P(=O)(O)O.c1ccc2c(c1)O2. The number of hydrogen-bond acceptors (Lipinski definition) is 5. The Hall–Kier alpha value is -2.25. The lowest BCUT2D eigenvalue weighted by Crippen LogP contribution is -2.02. The maximum absolute atomic E-state index is 10.7. The molecule has 116 valence electrons. The number of ether oxygens (including phenoxy) is 1. The molecule has 0 aromatic heterocycles. The molecule has 1 aliphatic heterocycles. The summed E-state index contributed by atoms with van der Waals surface area (Å²) < 4.78 is 15.7. The summed E-state index contributed by atoms with van der Waals surface area (Å²) in [5.74, 6) is -0.107. The molecule has 8 nitrogen and oxygen atoms in total. The lowest BCUT2D eigenvalue weighted by atomic mass is 10.2. The molecule has 0 fully saturated rings. The number of nitrogens with zero attached hydrogens (tertiary/aromatic N) is 1. The fourth-order valence-corrected chi connectivity index (χ4v) is 2.25. The minimum atomic E-state index is -4.79. The number of nitro groups is 1. The third-order valence-electron chi connectivity index (χ3n) is 2.76. The Morgan fingerprint density at radius 1 is 1.05 bits per heavy atom. The van der Waals surface area contributed by atoms with Crippen molar-refractivity contribution in [1.29, 1.82) is 0 Å². The second kappa shape index (κ2) is 6.25. The fraction of sp³-hybridized carbons (Fsp3) is 0.0769. The smallest absolute Gasteiger partial charge is 0.358 e. The number of aliphatic hydroxyl groups is 1. The van der Waals surface area contributed by atoms with Crippen LogP contribution in [0.2, 0.25) is 0 Å². The van der Waals surface area contributed by atoms with Crippen LogP contribution in [0.25, 0.3) is 0 Å². The van der Waals surface area contributed by atoms with E-state index in [0.29, 0.717) is 0 Å². The van der Waals surface area contributed by atoms with Gasteiger partial charge in [0.2, 0.25) is 0 Å². The number of para-hydroxylation sites is 3. The molecule has 3 rings (SSSR count). The first-order chi connectivity index (χ1) is 10.3. The molecule has 1 heterocycles. The van der Waals surface area contributed by atoms with E-state index in [1.165, 1.54) is 12.1 Å². The summed E-state index contributed by atoms with van der Waals surface area (Å²) in [5.41, 5.74) is -0.913. The van der Waals surface area contributed by atoms with Gasteiger partial charge in [0.1, 0.15) is 0 Å². The highest BCUT2D eigenvalue weighted by Gasteiger charge is 2.33. The minimum absolute atomic E-state index is 0.393. The molecule has 3 N–H and O–H groups in total. The first-order valence-electron chi connectivity index (χ1n) is 6.04. The fourth-order valence-electron chi connectivity index (χ4n) is 1.66. The Morgan fingerprint density at radius 2 is 1.55 bits per heavy atom. The van der Waals surface area contributed by atoms with Gasteiger partial charge in [-0.25, -0.2) is 0 Å². The average Bonchev–Trinajstić information content (AvgIpc) is 3.25. The van der Waals surface area contributed by atoms with E-state index in [1.807, 2.05) is 24.3 Å². The molecule has 0 radical (unpaired) electrons. The molecular weight excluding hydrogens is 313 g/mol. The normalized spacial score (nSPS) is 13.0. The lowest BCUT2D eigenvalue weighted by Gasteiger charge is -2.12. The van der Waals surface area contributed by atoms with Gasteiger partial charge in [-0.05, 0) is 18.2 Å². The van der Waals surface area contributed by atoms with E-state index < -0.39 is 29.6 Å². The van der Waals surface area contributed by atoms with Crippen LogP contribution < -0.4 is 4.74 Å². The maximum Gasteiger partial charge on any atom is 0.358 e. The molecular formula is C13H12NO7P. The first-order valence-corrected chi connectivity index (χ1v) is 7.72. The third-order valence-corrected chi connectivity index (χ3v) is 3.67. The van der Waals surface area contributed by atoms with Crippen molar-refractivity contribution in [3.63, 3.8) is 0 Å². The van der Waals surface area contributed by atoms with Gasteiger partial charge in [-0.1, -0.05) is 24.3 Å². The van der Waals surface area contributed by atoms with Crippen molar-refractivity contribution in [2.75, 3.05) is 0 Å². The zero-order chi connectivity index (χ0) is 16.3. The molecule has 0 saturated heterocycles. The van der Waals surface area contributed by atoms with Crippen molar-refractivity contribution < 1.29 is 29.1 Å². The summed E-state index contributed by atoms with van der Waals surface area (Å²) in [6.07, 6.45) is 0. The standard InChI is InChI=1S/C7H8NO6P.C6H4O/c9-7(15(12,13)14)5-3-1-2-4-6(5)8(10)11;1-2-4-6-5(3-1)7-6/h1-4,7,9H,(H2,12,13,14);1-4H. The monoisotopic (exact) mass is 325 g/mol. The predicted molar refractivity (Wildman–Crippen MR) is 76.6 cm³/mol. The van der Waals surface area contributed by atoms with Gasteiger partial charge in [0, 0.05) is 6.07 Å². The minimum Gasteiger partial charge on any atom is -0.450 e. The van der Waals surface area contributed by atoms with Crippen LogP contribution in [0.15, 0.2) is 48.5 Å². The highest BCUT2D eigenvalue weighted by atomic mass is 31.2. The van der Waals surface area contributed by atoms with Crippen LogP contribution in [-0.2, 0) is 4.57 Å².